The fraction of sp³-hybridized carbons (Fsp3) is 1.00. The summed E-state index contributed by atoms with van der Waals surface area (Å²) < 4.78 is 0. The first-order valence-electron chi connectivity index (χ1n) is 6.75. The molecular formula is C13H27N3. The van der Waals surface area contributed by atoms with Crippen LogP contribution in [0.2, 0.25) is 0 Å². The molecule has 2 rings (SSSR count). The molecule has 0 aromatic carbocycles. The van der Waals surface area contributed by atoms with Crippen LogP contribution in [0.1, 0.15) is 34.1 Å². The van der Waals surface area contributed by atoms with Crippen LogP contribution in [0.5, 0.6) is 0 Å². The predicted octanol–water partition coefficient (Wildman–Crippen LogP) is 1.15. The van der Waals surface area contributed by atoms with Crippen molar-refractivity contribution in [2.24, 2.45) is 0 Å². The van der Waals surface area contributed by atoms with Gasteiger partial charge in [0.15, 0.2) is 0 Å². The molecule has 2 saturated heterocycles. The normalized spacial score (nSPS) is 32.4. The summed E-state index contributed by atoms with van der Waals surface area (Å²) in [6.45, 7) is 15.5. The van der Waals surface area contributed by atoms with Crippen molar-refractivity contribution in [1.29, 1.82) is 0 Å². The fourth-order valence-corrected chi connectivity index (χ4v) is 3.64. The summed E-state index contributed by atoms with van der Waals surface area (Å²) in [5.41, 5.74) is 0.339. The molecule has 3 heteroatoms. The van der Waals surface area contributed by atoms with Crippen LogP contribution in [0.15, 0.2) is 0 Å². The lowest BCUT2D eigenvalue weighted by molar-refractivity contribution is 0.0559. The Morgan fingerprint density at radius 2 is 1.75 bits per heavy atom. The van der Waals surface area contributed by atoms with Crippen LogP contribution in [-0.4, -0.2) is 60.1 Å². The molecule has 16 heavy (non-hydrogen) atoms. The summed E-state index contributed by atoms with van der Waals surface area (Å²) in [4.78, 5) is 5.36. The van der Waals surface area contributed by atoms with Crippen LogP contribution in [0, 0.1) is 0 Å². The van der Waals surface area contributed by atoms with Crippen LogP contribution < -0.4 is 5.32 Å². The minimum atomic E-state index is 0.339. The van der Waals surface area contributed by atoms with Gasteiger partial charge < -0.3 is 5.32 Å². The van der Waals surface area contributed by atoms with Gasteiger partial charge >= 0.3 is 0 Å². The van der Waals surface area contributed by atoms with E-state index in [1.54, 1.807) is 0 Å². The Morgan fingerprint density at radius 3 is 2.25 bits per heavy atom. The number of nitrogens with one attached hydrogen (secondary N) is 1. The number of rotatable bonds is 2. The van der Waals surface area contributed by atoms with Gasteiger partial charge in [-0.1, -0.05) is 0 Å². The quantitative estimate of drug-likeness (QED) is 0.760. The highest BCUT2D eigenvalue weighted by molar-refractivity contribution is 5.02. The monoisotopic (exact) mass is 225 g/mol. The van der Waals surface area contributed by atoms with Crippen molar-refractivity contribution in [2.75, 3.05) is 32.7 Å². The van der Waals surface area contributed by atoms with Crippen molar-refractivity contribution in [3.8, 4) is 0 Å². The zero-order chi connectivity index (χ0) is 11.8. The van der Waals surface area contributed by atoms with E-state index in [2.05, 4.69) is 42.8 Å². The molecular weight excluding hydrogens is 198 g/mol. The Hall–Kier alpha value is -0.120. The van der Waals surface area contributed by atoms with Crippen molar-refractivity contribution < 1.29 is 0 Å². The largest absolute Gasteiger partial charge is 0.314 e. The molecule has 1 unspecified atom stereocenters. The van der Waals surface area contributed by atoms with Crippen LogP contribution in [0.3, 0.4) is 0 Å². The Labute approximate surface area is 100 Å². The standard InChI is InChI=1S/C13H27N3/c1-11(2)16-8-5-12(13(16,3)4)15-9-6-14-7-10-15/h11-12,14H,5-10H2,1-4H3. The minimum absolute atomic E-state index is 0.339. The van der Waals surface area contributed by atoms with E-state index in [1.807, 2.05) is 0 Å². The van der Waals surface area contributed by atoms with E-state index >= 15 is 0 Å². The fourth-order valence-electron chi connectivity index (χ4n) is 3.64. The molecule has 2 fully saturated rings. The summed E-state index contributed by atoms with van der Waals surface area (Å²) in [5.74, 6) is 0. The summed E-state index contributed by atoms with van der Waals surface area (Å²) >= 11 is 0. The van der Waals surface area contributed by atoms with Crippen LogP contribution in [0.25, 0.3) is 0 Å². The number of piperazine rings is 1. The molecule has 0 amide bonds. The molecule has 1 N–H and O–H groups in total. The first-order valence-corrected chi connectivity index (χ1v) is 6.75. The van der Waals surface area contributed by atoms with Crippen molar-refractivity contribution in [1.82, 2.24) is 15.1 Å². The third kappa shape index (κ3) is 2.13. The lowest BCUT2D eigenvalue weighted by atomic mass is 9.93. The summed E-state index contributed by atoms with van der Waals surface area (Å²) in [6, 6.07) is 1.42. The van der Waals surface area contributed by atoms with E-state index in [4.69, 9.17) is 0 Å². The highest BCUT2D eigenvalue weighted by Crippen LogP contribution is 2.34. The highest BCUT2D eigenvalue weighted by atomic mass is 15.3. The third-order valence-electron chi connectivity index (χ3n) is 4.41. The van der Waals surface area contributed by atoms with Crippen LogP contribution in [0.4, 0.5) is 0 Å². The molecule has 0 aromatic rings. The van der Waals surface area contributed by atoms with Crippen molar-refractivity contribution in [3.63, 3.8) is 0 Å². The van der Waals surface area contributed by atoms with E-state index in [0.29, 0.717) is 11.6 Å². The zero-order valence-electron chi connectivity index (χ0n) is 11.3. The van der Waals surface area contributed by atoms with Gasteiger partial charge in [0.2, 0.25) is 0 Å². The zero-order valence-corrected chi connectivity index (χ0v) is 11.3. The lowest BCUT2D eigenvalue weighted by Gasteiger charge is -2.44. The predicted molar refractivity (Wildman–Crippen MR) is 68.8 cm³/mol. The van der Waals surface area contributed by atoms with E-state index in [-0.39, 0.29) is 0 Å². The topological polar surface area (TPSA) is 18.5 Å². The Kier molecular flexibility index (Phi) is 3.57. The second-order valence-electron chi connectivity index (χ2n) is 6.03. The van der Waals surface area contributed by atoms with Gasteiger partial charge in [-0.25, -0.2) is 0 Å². The maximum Gasteiger partial charge on any atom is 0.0311 e. The summed E-state index contributed by atoms with van der Waals surface area (Å²) in [5, 5.41) is 3.44. The van der Waals surface area contributed by atoms with Crippen molar-refractivity contribution in [3.05, 3.63) is 0 Å². The van der Waals surface area contributed by atoms with Crippen LogP contribution >= 0.6 is 0 Å². The first kappa shape index (κ1) is 12.3. The molecule has 2 aliphatic heterocycles. The van der Waals surface area contributed by atoms with Crippen molar-refractivity contribution >= 4 is 0 Å². The minimum Gasteiger partial charge on any atom is -0.314 e. The Bertz CT molecular complexity index is 231. The lowest BCUT2D eigenvalue weighted by Crippen LogP contribution is -2.58. The molecule has 0 radical (unpaired) electrons. The molecule has 94 valence electrons. The van der Waals surface area contributed by atoms with E-state index in [9.17, 15) is 0 Å². The number of likely N-dealkylation sites (tertiary alicyclic amines) is 1. The van der Waals surface area contributed by atoms with Gasteiger partial charge in [-0.15, -0.1) is 0 Å². The van der Waals surface area contributed by atoms with E-state index in [1.165, 1.54) is 26.1 Å². The average Bonchev–Trinajstić information content (AvgIpc) is 2.55. The van der Waals surface area contributed by atoms with E-state index in [0.717, 1.165) is 19.1 Å². The summed E-state index contributed by atoms with van der Waals surface area (Å²) in [6.07, 6.45) is 1.34. The average molecular weight is 225 g/mol. The Morgan fingerprint density at radius 1 is 1.12 bits per heavy atom. The van der Waals surface area contributed by atoms with E-state index < -0.39 is 0 Å². The highest BCUT2D eigenvalue weighted by Gasteiger charge is 2.44. The third-order valence-corrected chi connectivity index (χ3v) is 4.41. The molecule has 0 aliphatic carbocycles. The number of hydrogen-bond donors (Lipinski definition) is 1. The SMILES string of the molecule is CC(C)N1CCC(N2CCNCC2)C1(C)C. The first-order chi connectivity index (χ1) is 7.53. The smallest absolute Gasteiger partial charge is 0.0311 e. The Balaban J connectivity index is 2.05. The van der Waals surface area contributed by atoms with Gasteiger partial charge in [0, 0.05) is 50.3 Å². The van der Waals surface area contributed by atoms with Crippen LogP contribution in [-0.2, 0) is 0 Å². The maximum absolute atomic E-state index is 3.44. The molecule has 2 heterocycles. The number of nitrogens with zero attached hydrogens (tertiary/aromatic N) is 2. The molecule has 1 atom stereocenters. The molecule has 0 aromatic heterocycles. The molecule has 0 saturated carbocycles. The van der Waals surface area contributed by atoms with Crippen molar-refractivity contribution in [2.45, 2.75) is 51.7 Å². The van der Waals surface area contributed by atoms with Gasteiger partial charge in [-0.05, 0) is 34.1 Å². The van der Waals surface area contributed by atoms with Gasteiger partial charge in [0.05, 0.1) is 0 Å². The molecule has 3 nitrogen and oxygen atoms in total. The summed E-state index contributed by atoms with van der Waals surface area (Å²) in [7, 11) is 0. The molecule has 0 bridgehead atoms. The van der Waals surface area contributed by atoms with Gasteiger partial charge in [0.25, 0.3) is 0 Å². The second kappa shape index (κ2) is 4.63. The van der Waals surface area contributed by atoms with Gasteiger partial charge in [-0.2, -0.15) is 0 Å². The number of hydrogen-bond acceptors (Lipinski definition) is 3. The molecule has 0 spiro atoms. The van der Waals surface area contributed by atoms with Gasteiger partial charge in [-0.3, -0.25) is 9.80 Å². The second-order valence-corrected chi connectivity index (χ2v) is 6.03. The van der Waals surface area contributed by atoms with Gasteiger partial charge in [0.1, 0.15) is 0 Å². The molecule has 2 aliphatic rings. The maximum atomic E-state index is 3.44.